The third kappa shape index (κ3) is 6.06. The molecule has 3 N–H and O–H groups in total. The number of halogens is 1. The predicted octanol–water partition coefficient (Wildman–Crippen LogP) is 3.07. The van der Waals surface area contributed by atoms with E-state index >= 15 is 0 Å². The zero-order chi connectivity index (χ0) is 21.5. The number of hydrogen-bond acceptors (Lipinski definition) is 5. The number of rotatable bonds is 7. The van der Waals surface area contributed by atoms with Crippen molar-refractivity contribution in [3.05, 3.63) is 57.6 Å². The van der Waals surface area contributed by atoms with E-state index in [0.717, 1.165) is 17.3 Å². The van der Waals surface area contributed by atoms with E-state index in [9.17, 15) is 14.7 Å². The standard InChI is InChI=1S/C22H24BrN3O4/c1-14(22(29)26-24-12-17-10-18(23)7-9-20(17)27)25-21(28)13-30-19-8-6-15-4-2-3-5-16(15)11-19/h6-12,14,27H,2-5,13H2,1H3,(H,25,28)(H,26,29). The van der Waals surface area contributed by atoms with Crippen molar-refractivity contribution in [2.75, 3.05) is 6.61 Å². The first-order valence-electron chi connectivity index (χ1n) is 9.78. The molecular formula is C22H24BrN3O4. The quantitative estimate of drug-likeness (QED) is 0.424. The summed E-state index contributed by atoms with van der Waals surface area (Å²) in [5.41, 5.74) is 5.41. The van der Waals surface area contributed by atoms with Gasteiger partial charge in [-0.25, -0.2) is 5.43 Å². The predicted molar refractivity (Wildman–Crippen MR) is 118 cm³/mol. The van der Waals surface area contributed by atoms with Crippen molar-refractivity contribution in [2.24, 2.45) is 5.10 Å². The Balaban J connectivity index is 1.45. The molecule has 7 nitrogen and oxygen atoms in total. The SMILES string of the molecule is CC(NC(=O)COc1ccc2c(c1)CCCC2)C(=O)NN=Cc1cc(Br)ccc1O. The number of aromatic hydroxyl groups is 1. The lowest BCUT2D eigenvalue weighted by Crippen LogP contribution is -2.45. The first-order chi connectivity index (χ1) is 14.4. The van der Waals surface area contributed by atoms with Crippen molar-refractivity contribution in [3.8, 4) is 11.5 Å². The van der Waals surface area contributed by atoms with Crippen LogP contribution in [-0.2, 0) is 22.4 Å². The first-order valence-corrected chi connectivity index (χ1v) is 10.6. The molecule has 0 aromatic heterocycles. The summed E-state index contributed by atoms with van der Waals surface area (Å²) in [6.07, 6.45) is 5.84. The number of amides is 2. The van der Waals surface area contributed by atoms with Gasteiger partial charge in [0.25, 0.3) is 11.8 Å². The first kappa shape index (κ1) is 21.8. The van der Waals surface area contributed by atoms with Crippen molar-refractivity contribution in [3.63, 3.8) is 0 Å². The van der Waals surface area contributed by atoms with E-state index in [1.54, 1.807) is 19.1 Å². The maximum absolute atomic E-state index is 12.1. The molecule has 1 atom stereocenters. The normalized spacial score (nSPS) is 14.1. The summed E-state index contributed by atoms with van der Waals surface area (Å²) in [7, 11) is 0. The van der Waals surface area contributed by atoms with E-state index in [-0.39, 0.29) is 12.4 Å². The van der Waals surface area contributed by atoms with Crippen molar-refractivity contribution in [1.29, 1.82) is 0 Å². The van der Waals surface area contributed by atoms with E-state index in [0.29, 0.717) is 11.3 Å². The molecule has 1 aliphatic rings. The average molecular weight is 474 g/mol. The molecule has 2 aromatic rings. The van der Waals surface area contributed by atoms with Crippen LogP contribution in [0.1, 0.15) is 36.5 Å². The van der Waals surface area contributed by atoms with Gasteiger partial charge in [-0.1, -0.05) is 22.0 Å². The minimum Gasteiger partial charge on any atom is -0.507 e. The third-order valence-corrected chi connectivity index (χ3v) is 5.32. The van der Waals surface area contributed by atoms with E-state index in [4.69, 9.17) is 4.74 Å². The van der Waals surface area contributed by atoms with Gasteiger partial charge in [-0.3, -0.25) is 9.59 Å². The Kier molecular flexibility index (Phi) is 7.46. The van der Waals surface area contributed by atoms with E-state index < -0.39 is 17.9 Å². The average Bonchev–Trinajstić information content (AvgIpc) is 2.74. The number of nitrogens with zero attached hydrogens (tertiary/aromatic N) is 1. The molecule has 0 spiro atoms. The number of carbonyl (C=O) groups is 2. The van der Waals surface area contributed by atoms with Gasteiger partial charge in [0, 0.05) is 10.0 Å². The van der Waals surface area contributed by atoms with Crippen LogP contribution >= 0.6 is 15.9 Å². The molecule has 0 heterocycles. The number of phenolic OH excluding ortho intramolecular Hbond substituents is 1. The third-order valence-electron chi connectivity index (χ3n) is 4.83. The van der Waals surface area contributed by atoms with Gasteiger partial charge in [0.15, 0.2) is 6.61 Å². The molecule has 158 valence electrons. The van der Waals surface area contributed by atoms with Crippen LogP contribution in [0.25, 0.3) is 0 Å². The molecule has 8 heteroatoms. The number of nitrogens with one attached hydrogen (secondary N) is 2. The Bertz CT molecular complexity index is 961. The number of aryl methyl sites for hydroxylation is 2. The van der Waals surface area contributed by atoms with Crippen LogP contribution in [0.2, 0.25) is 0 Å². The smallest absolute Gasteiger partial charge is 0.262 e. The number of fused-ring (bicyclic) bond motifs is 1. The largest absolute Gasteiger partial charge is 0.507 e. The lowest BCUT2D eigenvalue weighted by molar-refractivity contribution is -0.129. The Morgan fingerprint density at radius 2 is 1.97 bits per heavy atom. The van der Waals surface area contributed by atoms with Gasteiger partial charge in [-0.15, -0.1) is 0 Å². The van der Waals surface area contributed by atoms with Gasteiger partial charge in [-0.2, -0.15) is 5.10 Å². The molecule has 0 bridgehead atoms. The summed E-state index contributed by atoms with van der Waals surface area (Å²) in [4.78, 5) is 24.2. The van der Waals surface area contributed by atoms with Gasteiger partial charge in [0.05, 0.1) is 6.21 Å². The summed E-state index contributed by atoms with van der Waals surface area (Å²) in [6.45, 7) is 1.38. The Hall–Kier alpha value is -2.87. The van der Waals surface area contributed by atoms with Crippen LogP contribution in [0, 0.1) is 0 Å². The van der Waals surface area contributed by atoms with Gasteiger partial charge < -0.3 is 15.2 Å². The van der Waals surface area contributed by atoms with Crippen LogP contribution in [0.3, 0.4) is 0 Å². The highest BCUT2D eigenvalue weighted by atomic mass is 79.9. The van der Waals surface area contributed by atoms with Crippen LogP contribution in [-0.4, -0.2) is 35.8 Å². The topological polar surface area (TPSA) is 100 Å². The minimum absolute atomic E-state index is 0.0388. The molecule has 3 rings (SSSR count). The fourth-order valence-electron chi connectivity index (χ4n) is 3.19. The van der Waals surface area contributed by atoms with Crippen molar-refractivity contribution >= 4 is 34.0 Å². The summed E-state index contributed by atoms with van der Waals surface area (Å²) in [5, 5.41) is 16.1. The Morgan fingerprint density at radius 3 is 2.77 bits per heavy atom. The van der Waals surface area contributed by atoms with Crippen molar-refractivity contribution in [1.82, 2.24) is 10.7 Å². The molecule has 2 amide bonds. The number of phenols is 1. The molecule has 0 saturated heterocycles. The van der Waals surface area contributed by atoms with E-state index in [1.165, 1.54) is 36.2 Å². The highest BCUT2D eigenvalue weighted by molar-refractivity contribution is 9.10. The van der Waals surface area contributed by atoms with Crippen molar-refractivity contribution < 1.29 is 19.4 Å². The Labute approximate surface area is 183 Å². The fraction of sp³-hybridized carbons (Fsp3) is 0.318. The maximum atomic E-state index is 12.1. The zero-order valence-corrected chi connectivity index (χ0v) is 18.2. The zero-order valence-electron chi connectivity index (χ0n) is 16.7. The molecule has 1 aliphatic carbocycles. The second kappa shape index (κ2) is 10.2. The monoisotopic (exact) mass is 473 g/mol. The summed E-state index contributed by atoms with van der Waals surface area (Å²) in [6, 6.07) is 9.99. The second-order valence-electron chi connectivity index (χ2n) is 7.15. The lowest BCUT2D eigenvalue weighted by atomic mass is 9.92. The molecule has 30 heavy (non-hydrogen) atoms. The van der Waals surface area contributed by atoms with Crippen LogP contribution in [0.5, 0.6) is 11.5 Å². The minimum atomic E-state index is -0.794. The number of carbonyl (C=O) groups excluding carboxylic acids is 2. The summed E-state index contributed by atoms with van der Waals surface area (Å²) < 4.78 is 6.34. The van der Waals surface area contributed by atoms with Crippen LogP contribution in [0.4, 0.5) is 0 Å². The summed E-state index contributed by atoms with van der Waals surface area (Å²) >= 11 is 3.30. The molecule has 2 aromatic carbocycles. The number of hydrogen-bond donors (Lipinski definition) is 3. The highest BCUT2D eigenvalue weighted by Crippen LogP contribution is 2.25. The molecule has 0 aliphatic heterocycles. The van der Waals surface area contributed by atoms with E-state index in [2.05, 4.69) is 37.8 Å². The molecule has 0 saturated carbocycles. The summed E-state index contributed by atoms with van der Waals surface area (Å²) in [5.74, 6) is -0.190. The number of ether oxygens (including phenoxy) is 1. The van der Waals surface area contributed by atoms with Crippen LogP contribution < -0.4 is 15.5 Å². The molecule has 0 fully saturated rings. The Morgan fingerprint density at radius 1 is 1.20 bits per heavy atom. The molecule has 0 radical (unpaired) electrons. The lowest BCUT2D eigenvalue weighted by Gasteiger charge is -2.17. The van der Waals surface area contributed by atoms with Gasteiger partial charge in [0.1, 0.15) is 17.5 Å². The van der Waals surface area contributed by atoms with Gasteiger partial charge in [-0.05, 0) is 74.1 Å². The number of benzene rings is 2. The highest BCUT2D eigenvalue weighted by Gasteiger charge is 2.16. The van der Waals surface area contributed by atoms with Gasteiger partial charge in [0.2, 0.25) is 0 Å². The van der Waals surface area contributed by atoms with Crippen molar-refractivity contribution in [2.45, 2.75) is 38.6 Å². The second-order valence-corrected chi connectivity index (χ2v) is 8.07. The van der Waals surface area contributed by atoms with Gasteiger partial charge >= 0.3 is 0 Å². The fourth-order valence-corrected chi connectivity index (χ4v) is 3.57. The molecule has 1 unspecified atom stereocenters. The number of hydrazone groups is 1. The van der Waals surface area contributed by atoms with E-state index in [1.807, 2.05) is 12.1 Å². The maximum Gasteiger partial charge on any atom is 0.262 e. The van der Waals surface area contributed by atoms with Crippen LogP contribution in [0.15, 0.2) is 46.0 Å². The molecular weight excluding hydrogens is 450 g/mol.